The van der Waals surface area contributed by atoms with Gasteiger partial charge in [-0.25, -0.2) is 32.8 Å². The summed E-state index contributed by atoms with van der Waals surface area (Å²) in [6.45, 7) is 50.2. The Morgan fingerprint density at radius 3 is 0.900 bits per heavy atom. The summed E-state index contributed by atoms with van der Waals surface area (Å²) in [5, 5.41) is 0. The van der Waals surface area contributed by atoms with Gasteiger partial charge in [0.1, 0.15) is 65.8 Å². The van der Waals surface area contributed by atoms with Crippen LogP contribution in [0, 0.1) is 34.6 Å². The Morgan fingerprint density at radius 1 is 0.233 bits per heavy atom. The second-order valence-corrected chi connectivity index (χ2v) is 16.2. The zero-order chi connectivity index (χ0) is 69.8. The van der Waals surface area contributed by atoms with Crippen LogP contribution >= 0.6 is 0 Å². The van der Waals surface area contributed by atoms with Crippen molar-refractivity contribution in [3.63, 3.8) is 0 Å². The molecule has 0 N–H and O–H groups in total. The van der Waals surface area contributed by atoms with Crippen LogP contribution in [-0.4, -0.2) is 49.8 Å². The Morgan fingerprint density at radius 2 is 0.533 bits per heavy atom. The molecule has 10 rings (SSSR count). The highest BCUT2D eigenvalue weighted by atomic mass is 15.0. The number of nitrogens with zero attached hydrogens (tertiary/aromatic N) is 15. The fourth-order valence-electron chi connectivity index (χ4n) is 7.31. The van der Waals surface area contributed by atoms with Crippen LogP contribution in [0.4, 0.5) is 0 Å². The summed E-state index contributed by atoms with van der Waals surface area (Å²) in [7, 11) is 9.91. The Bertz CT molecular complexity index is 2550. The third-order valence-corrected chi connectivity index (χ3v) is 11.2. The fourth-order valence-corrected chi connectivity index (χ4v) is 7.31. The molecule has 0 amide bonds. The van der Waals surface area contributed by atoms with Crippen molar-refractivity contribution in [3.8, 4) is 56.3 Å². The molecule has 0 spiro atoms. The second-order valence-electron chi connectivity index (χ2n) is 16.2. The molecule has 0 aliphatic carbocycles. The standard InChI is InChI=1S/C12H13N2.3C11H12N3.C10H11N4.10C2H6/c1-10-5-3-4-6-11(10)12-7-8-13-9-14(12)2;1-9-7-12-5-3-10(9)11-4-6-13-8-14(11)2;1-9-3-5-12-7-10(9)11-4-6-13-8-14(11)2;1-9-10(4-3-6-13-9)11-5-7-12-8-14(11)2;1-8-9(5-12-6-13-8)10-3-4-11-7-14(10)2;10*1-2/h3-9H,1-2H3;3*3-8H,1-2H3;3-7H,1-2H3;10*1-2H3/q5*+1;;;;;;;;;;. The van der Waals surface area contributed by atoms with Gasteiger partial charge in [0.25, 0.3) is 31.6 Å². The molecular weight excluding hydrogens is 1110 g/mol. The van der Waals surface area contributed by atoms with Gasteiger partial charge in [0.05, 0.1) is 46.5 Å². The number of rotatable bonds is 5. The van der Waals surface area contributed by atoms with Crippen LogP contribution in [0.5, 0.6) is 0 Å². The SMILES string of the molecule is CC.CC.CC.CC.CC.CC.CC.CC.CC.CC.Cc1ccccc1-c1ccnc[n+]1C.Cc1ccncc1-c1ccnc[n+]1C.Cc1cnccc1-c1ccnc[n+]1C.Cc1ncccc1-c1ccnc[n+]1C.Cc1ncncc1-c1ccnc[n+]1C. The van der Waals surface area contributed by atoms with Crippen molar-refractivity contribution in [1.29, 1.82) is 0 Å². The second kappa shape index (κ2) is 60.4. The Kier molecular flexibility index (Phi) is 60.4. The van der Waals surface area contributed by atoms with Gasteiger partial charge in [-0.1, -0.05) is 188 Å². The highest BCUT2D eigenvalue weighted by Crippen LogP contribution is 2.21. The normalized spacial score (nSPS) is 8.56. The Hall–Kier alpha value is -8.85. The van der Waals surface area contributed by atoms with Crippen molar-refractivity contribution in [1.82, 2.24) is 49.8 Å². The number of aromatic nitrogens is 15. The van der Waals surface area contributed by atoms with Gasteiger partial charge in [0.15, 0.2) is 0 Å². The van der Waals surface area contributed by atoms with E-state index in [2.05, 4.69) is 101 Å². The minimum atomic E-state index is 0.974. The monoisotopic (exact) mass is 1230 g/mol. The van der Waals surface area contributed by atoms with E-state index in [0.29, 0.717) is 0 Å². The van der Waals surface area contributed by atoms with Crippen LogP contribution in [0.3, 0.4) is 0 Å². The first-order chi connectivity index (χ1) is 43.9. The quantitative estimate of drug-likeness (QED) is 0.152. The van der Waals surface area contributed by atoms with Crippen molar-refractivity contribution in [2.45, 2.75) is 173 Å². The Balaban J connectivity index is -0.000000312. The van der Waals surface area contributed by atoms with Crippen LogP contribution in [0.25, 0.3) is 56.3 Å². The van der Waals surface area contributed by atoms with E-state index in [1.807, 2.05) is 296 Å². The molecule has 0 saturated carbocycles. The molecule has 0 unspecified atom stereocenters. The predicted molar refractivity (Wildman–Crippen MR) is 380 cm³/mol. The first-order valence-corrected chi connectivity index (χ1v) is 32.5. The molecule has 9 aromatic heterocycles. The van der Waals surface area contributed by atoms with E-state index in [0.717, 1.165) is 50.9 Å². The average Bonchev–Trinajstić information content (AvgIpc) is 2.35. The molecule has 1 aromatic carbocycles. The molecule has 15 heteroatoms. The molecule has 0 aliphatic heterocycles. The lowest BCUT2D eigenvalue weighted by Crippen LogP contribution is -2.31. The first kappa shape index (κ1) is 89.9. The summed E-state index contributed by atoms with van der Waals surface area (Å²) in [6.07, 6.45) is 30.5. The van der Waals surface area contributed by atoms with E-state index in [9.17, 15) is 0 Å². The topological polar surface area (TPSA) is 148 Å². The van der Waals surface area contributed by atoms with Gasteiger partial charge in [-0.15, -0.1) is 0 Å². The molecule has 90 heavy (non-hydrogen) atoms. The minimum Gasteiger partial charge on any atom is -0.264 e. The summed E-state index contributed by atoms with van der Waals surface area (Å²) in [5.74, 6) is 0. The number of hydrogen-bond donors (Lipinski definition) is 0. The van der Waals surface area contributed by atoms with Crippen molar-refractivity contribution in [3.05, 3.63) is 213 Å². The van der Waals surface area contributed by atoms with Gasteiger partial charge in [0, 0.05) is 95.5 Å². The summed E-state index contributed by atoms with van der Waals surface area (Å²) in [4.78, 5) is 40.9. The molecular formula is C75H120N15+5. The maximum Gasteiger partial charge on any atom is 0.286 e. The van der Waals surface area contributed by atoms with Crippen molar-refractivity contribution in [2.24, 2.45) is 35.2 Å². The highest BCUT2D eigenvalue weighted by molar-refractivity contribution is 5.61. The molecule has 0 atom stereocenters. The van der Waals surface area contributed by atoms with E-state index >= 15 is 0 Å². The lowest BCUT2D eigenvalue weighted by Gasteiger charge is -2.04. The van der Waals surface area contributed by atoms with E-state index in [1.165, 1.54) is 33.5 Å². The highest BCUT2D eigenvalue weighted by Gasteiger charge is 2.12. The molecule has 10 aromatic rings. The van der Waals surface area contributed by atoms with Crippen LogP contribution < -0.4 is 22.8 Å². The number of hydrogen-bond acceptors (Lipinski definition) is 10. The first-order valence-electron chi connectivity index (χ1n) is 32.5. The van der Waals surface area contributed by atoms with Gasteiger partial charge in [-0.3, -0.25) is 15.0 Å². The maximum absolute atomic E-state index is 4.26. The molecule has 0 fully saturated rings. The van der Waals surface area contributed by atoms with Crippen LogP contribution in [0.2, 0.25) is 0 Å². The van der Waals surface area contributed by atoms with E-state index in [-0.39, 0.29) is 0 Å². The molecule has 0 radical (unpaired) electrons. The molecule has 0 aliphatic rings. The van der Waals surface area contributed by atoms with Crippen molar-refractivity contribution < 1.29 is 22.8 Å². The third kappa shape index (κ3) is 32.9. The molecule has 0 saturated heterocycles. The molecule has 9 heterocycles. The predicted octanol–water partition coefficient (Wildman–Crippen LogP) is 16.6. The Labute approximate surface area is 547 Å². The van der Waals surface area contributed by atoms with E-state index in [4.69, 9.17) is 0 Å². The molecule has 490 valence electrons. The van der Waals surface area contributed by atoms with Crippen LogP contribution in [0.1, 0.15) is 167 Å². The van der Waals surface area contributed by atoms with E-state index in [1.54, 1.807) is 68.8 Å². The van der Waals surface area contributed by atoms with Gasteiger partial charge in [0.2, 0.25) is 0 Å². The largest absolute Gasteiger partial charge is 0.286 e. The van der Waals surface area contributed by atoms with Gasteiger partial charge in [-0.05, 0) is 75.6 Å². The fraction of sp³-hybridized carbons (Fsp3) is 0.400. The summed E-state index contributed by atoms with van der Waals surface area (Å²) in [5.41, 5.74) is 17.2. The minimum absolute atomic E-state index is 0.974. The zero-order valence-electron chi connectivity index (χ0n) is 61.5. The smallest absolute Gasteiger partial charge is 0.264 e. The lowest BCUT2D eigenvalue weighted by atomic mass is 10.1. The number of benzene rings is 1. The summed E-state index contributed by atoms with van der Waals surface area (Å²) >= 11 is 0. The van der Waals surface area contributed by atoms with E-state index < -0.39 is 0 Å². The van der Waals surface area contributed by atoms with Gasteiger partial charge >= 0.3 is 0 Å². The average molecular weight is 1230 g/mol. The number of pyridine rings is 3. The number of aryl methyl sites for hydroxylation is 10. The van der Waals surface area contributed by atoms with Gasteiger partial charge in [-0.2, -0.15) is 0 Å². The van der Waals surface area contributed by atoms with Crippen molar-refractivity contribution >= 4 is 0 Å². The third-order valence-electron chi connectivity index (χ3n) is 11.2. The summed E-state index contributed by atoms with van der Waals surface area (Å²) < 4.78 is 9.96. The molecule has 15 nitrogen and oxygen atoms in total. The summed E-state index contributed by atoms with van der Waals surface area (Å²) in [6, 6.07) is 26.4. The lowest BCUT2D eigenvalue weighted by molar-refractivity contribution is -0.663. The zero-order valence-corrected chi connectivity index (χ0v) is 61.5. The molecule has 0 bridgehead atoms. The van der Waals surface area contributed by atoms with Crippen LogP contribution in [-0.2, 0) is 35.2 Å². The maximum atomic E-state index is 4.26. The van der Waals surface area contributed by atoms with Crippen molar-refractivity contribution in [2.75, 3.05) is 0 Å². The van der Waals surface area contributed by atoms with Gasteiger partial charge < -0.3 is 0 Å². The van der Waals surface area contributed by atoms with Crippen LogP contribution in [0.15, 0.2) is 185 Å².